The Hall–Kier alpha value is -3.58. The molecule has 1 N–H and O–H groups in total. The Morgan fingerprint density at radius 1 is 1.03 bits per heavy atom. The van der Waals surface area contributed by atoms with Crippen LogP contribution in [-0.2, 0) is 5.75 Å². The molecule has 2 aromatic heterocycles. The molecule has 30 heavy (non-hydrogen) atoms. The molecule has 0 aliphatic heterocycles. The Balaban J connectivity index is 1.44. The molecule has 0 radical (unpaired) electrons. The predicted octanol–water partition coefficient (Wildman–Crippen LogP) is 5.63. The molecule has 0 fully saturated rings. The third kappa shape index (κ3) is 5.27. The summed E-state index contributed by atoms with van der Waals surface area (Å²) in [6.45, 7) is 1.93. The normalized spacial score (nSPS) is 10.6. The van der Waals surface area contributed by atoms with Crippen LogP contribution in [0.4, 0.5) is 11.5 Å². The number of nitrogens with zero attached hydrogens (tertiary/aromatic N) is 2. The van der Waals surface area contributed by atoms with Crippen LogP contribution >= 0.6 is 11.8 Å². The van der Waals surface area contributed by atoms with Gasteiger partial charge in [0, 0.05) is 29.3 Å². The van der Waals surface area contributed by atoms with Gasteiger partial charge in [-0.25, -0.2) is 14.8 Å². The summed E-state index contributed by atoms with van der Waals surface area (Å²) in [5.41, 5.74) is 2.83. The highest BCUT2D eigenvalue weighted by molar-refractivity contribution is 7.98. The van der Waals surface area contributed by atoms with E-state index in [9.17, 15) is 4.79 Å². The first-order chi connectivity index (χ1) is 14.7. The highest BCUT2D eigenvalue weighted by atomic mass is 32.2. The molecule has 0 unspecified atom stereocenters. The first-order valence-electron chi connectivity index (χ1n) is 9.31. The topological polar surface area (TPSA) is 77.2 Å². The van der Waals surface area contributed by atoms with Crippen molar-refractivity contribution in [3.8, 4) is 5.75 Å². The van der Waals surface area contributed by atoms with Gasteiger partial charge in [0.25, 0.3) is 0 Å². The van der Waals surface area contributed by atoms with Crippen molar-refractivity contribution < 1.29 is 13.9 Å². The molecule has 0 bridgehead atoms. The van der Waals surface area contributed by atoms with Crippen molar-refractivity contribution in [3.05, 3.63) is 96.1 Å². The maximum atomic E-state index is 12.1. The van der Waals surface area contributed by atoms with E-state index in [0.29, 0.717) is 16.7 Å². The number of rotatable bonds is 7. The number of carbonyl (C=O) groups is 1. The third-order valence-corrected chi connectivity index (χ3v) is 5.00. The van der Waals surface area contributed by atoms with Crippen molar-refractivity contribution in [2.24, 2.45) is 0 Å². The van der Waals surface area contributed by atoms with Gasteiger partial charge < -0.3 is 14.5 Å². The Morgan fingerprint density at radius 3 is 2.70 bits per heavy atom. The van der Waals surface area contributed by atoms with Gasteiger partial charge >= 0.3 is 5.97 Å². The lowest BCUT2D eigenvalue weighted by Gasteiger charge is -2.10. The maximum Gasteiger partial charge on any atom is 0.379 e. The summed E-state index contributed by atoms with van der Waals surface area (Å²) in [6.07, 6.45) is 1.43. The number of carbonyl (C=O) groups excluding carboxylic acids is 1. The summed E-state index contributed by atoms with van der Waals surface area (Å²) in [5, 5.41) is 3.95. The summed E-state index contributed by atoms with van der Waals surface area (Å²) >= 11 is 1.58. The van der Waals surface area contributed by atoms with E-state index in [4.69, 9.17) is 9.15 Å². The Morgan fingerprint density at radius 2 is 1.90 bits per heavy atom. The van der Waals surface area contributed by atoms with Gasteiger partial charge in [-0.2, -0.15) is 0 Å². The van der Waals surface area contributed by atoms with Crippen LogP contribution in [0.5, 0.6) is 5.75 Å². The number of nitrogens with one attached hydrogen (secondary N) is 1. The van der Waals surface area contributed by atoms with E-state index < -0.39 is 5.97 Å². The van der Waals surface area contributed by atoms with Crippen molar-refractivity contribution in [1.82, 2.24) is 9.97 Å². The average Bonchev–Trinajstić information content (AvgIpc) is 3.28. The largest absolute Gasteiger partial charge is 0.457 e. The maximum absolute atomic E-state index is 12.1. The third-order valence-electron chi connectivity index (χ3n) is 4.08. The van der Waals surface area contributed by atoms with Crippen LogP contribution in [0.1, 0.15) is 21.8 Å². The number of benzene rings is 2. The molecule has 0 amide bonds. The van der Waals surface area contributed by atoms with Crippen LogP contribution in [0.2, 0.25) is 0 Å². The predicted molar refractivity (Wildman–Crippen MR) is 116 cm³/mol. The van der Waals surface area contributed by atoms with Gasteiger partial charge in [0.15, 0.2) is 5.16 Å². The second-order valence-electron chi connectivity index (χ2n) is 6.47. The van der Waals surface area contributed by atoms with Gasteiger partial charge in [0.2, 0.25) is 5.76 Å². The smallest absolute Gasteiger partial charge is 0.379 e. The number of hydrogen-bond acceptors (Lipinski definition) is 7. The minimum Gasteiger partial charge on any atom is -0.457 e. The molecular formula is C23H19N3O3S. The summed E-state index contributed by atoms with van der Waals surface area (Å²) in [6, 6.07) is 22.4. The van der Waals surface area contributed by atoms with E-state index in [-0.39, 0.29) is 5.76 Å². The second kappa shape index (κ2) is 9.28. The van der Waals surface area contributed by atoms with E-state index in [0.717, 1.165) is 17.1 Å². The van der Waals surface area contributed by atoms with Gasteiger partial charge in [0.05, 0.1) is 6.26 Å². The summed E-state index contributed by atoms with van der Waals surface area (Å²) in [7, 11) is 0. The van der Waals surface area contributed by atoms with Crippen LogP contribution in [-0.4, -0.2) is 15.9 Å². The minimum atomic E-state index is -0.547. The van der Waals surface area contributed by atoms with Crippen molar-refractivity contribution in [3.63, 3.8) is 0 Å². The van der Waals surface area contributed by atoms with Crippen molar-refractivity contribution in [2.45, 2.75) is 17.8 Å². The molecule has 4 aromatic rings. The summed E-state index contributed by atoms with van der Waals surface area (Å²) in [4.78, 5) is 21.2. The lowest BCUT2D eigenvalue weighted by Crippen LogP contribution is -2.07. The zero-order chi connectivity index (χ0) is 20.8. The number of thioether (sulfide) groups is 1. The van der Waals surface area contributed by atoms with Crippen LogP contribution in [0, 0.1) is 6.92 Å². The number of esters is 1. The van der Waals surface area contributed by atoms with Gasteiger partial charge in [0.1, 0.15) is 11.6 Å². The number of aryl methyl sites for hydroxylation is 1. The monoisotopic (exact) mass is 417 g/mol. The first-order valence-corrected chi connectivity index (χ1v) is 10.3. The minimum absolute atomic E-state index is 0.153. The Kier molecular flexibility index (Phi) is 6.10. The van der Waals surface area contributed by atoms with Gasteiger partial charge in [-0.15, -0.1) is 0 Å². The van der Waals surface area contributed by atoms with E-state index in [1.165, 1.54) is 11.8 Å². The SMILES string of the molecule is Cc1cc(Nc2cccc(OC(=O)c3ccco3)c2)nc(SCc2ccccc2)n1. The fraction of sp³-hybridized carbons (Fsp3) is 0.0870. The molecule has 0 saturated heterocycles. The highest BCUT2D eigenvalue weighted by Gasteiger charge is 2.12. The molecule has 0 spiro atoms. The summed E-state index contributed by atoms with van der Waals surface area (Å²) < 4.78 is 10.4. The molecule has 0 saturated carbocycles. The lowest BCUT2D eigenvalue weighted by molar-refractivity contribution is 0.0701. The average molecular weight is 417 g/mol. The fourth-order valence-electron chi connectivity index (χ4n) is 2.73. The number of aromatic nitrogens is 2. The van der Waals surface area contributed by atoms with Crippen LogP contribution in [0.3, 0.4) is 0 Å². The Labute approximate surface area is 178 Å². The van der Waals surface area contributed by atoms with Crippen molar-refractivity contribution in [1.29, 1.82) is 0 Å². The van der Waals surface area contributed by atoms with Crippen LogP contribution < -0.4 is 10.1 Å². The number of hydrogen-bond donors (Lipinski definition) is 1. The standard InChI is InChI=1S/C23H19N3O3S/c1-16-13-21(26-23(24-16)30-15-17-7-3-2-4-8-17)25-18-9-5-10-19(14-18)29-22(27)20-11-6-12-28-20/h2-14H,15H2,1H3,(H,24,25,26). The quantitative estimate of drug-likeness (QED) is 0.181. The van der Waals surface area contributed by atoms with Gasteiger partial charge in [-0.1, -0.05) is 48.2 Å². The molecule has 0 aliphatic rings. The second-order valence-corrected chi connectivity index (χ2v) is 7.41. The van der Waals surface area contributed by atoms with E-state index in [1.54, 1.807) is 42.1 Å². The first kappa shape index (κ1) is 19.7. The number of furan rings is 1. The van der Waals surface area contributed by atoms with Gasteiger partial charge in [-0.3, -0.25) is 0 Å². The fourth-order valence-corrected chi connectivity index (χ4v) is 3.59. The zero-order valence-corrected chi connectivity index (χ0v) is 17.1. The highest BCUT2D eigenvalue weighted by Crippen LogP contribution is 2.25. The van der Waals surface area contributed by atoms with E-state index in [2.05, 4.69) is 27.4 Å². The molecule has 7 heteroatoms. The van der Waals surface area contributed by atoms with Crippen LogP contribution in [0.25, 0.3) is 0 Å². The molecule has 150 valence electrons. The molecule has 0 aliphatic carbocycles. The molecule has 2 aromatic carbocycles. The summed E-state index contributed by atoms with van der Waals surface area (Å²) in [5.74, 6) is 1.48. The molecule has 0 atom stereocenters. The van der Waals surface area contributed by atoms with Gasteiger partial charge in [-0.05, 0) is 36.8 Å². The zero-order valence-electron chi connectivity index (χ0n) is 16.2. The molecule has 6 nitrogen and oxygen atoms in total. The molecule has 4 rings (SSSR count). The number of anilines is 2. The Bertz CT molecular complexity index is 1130. The molecular weight excluding hydrogens is 398 g/mol. The lowest BCUT2D eigenvalue weighted by atomic mass is 10.2. The van der Waals surface area contributed by atoms with E-state index in [1.807, 2.05) is 37.3 Å². The molecule has 2 heterocycles. The van der Waals surface area contributed by atoms with Crippen molar-refractivity contribution in [2.75, 3.05) is 5.32 Å². The van der Waals surface area contributed by atoms with Crippen LogP contribution in [0.15, 0.2) is 88.6 Å². The number of ether oxygens (including phenoxy) is 1. The van der Waals surface area contributed by atoms with Crippen molar-refractivity contribution >= 4 is 29.2 Å². The van der Waals surface area contributed by atoms with E-state index >= 15 is 0 Å².